The first-order valence-corrected chi connectivity index (χ1v) is 9.52. The second-order valence-corrected chi connectivity index (χ2v) is 8.36. The number of nitrogens with two attached hydrogens (primary N) is 1. The molecule has 1 saturated carbocycles. The van der Waals surface area contributed by atoms with Gasteiger partial charge in [-0.25, -0.2) is 4.57 Å². The smallest absolute Gasteiger partial charge is 0.287 e. The minimum atomic E-state index is 0.393. The minimum Gasteiger partial charge on any atom is -0.287 e. The maximum absolute atomic E-state index is 9.43. The Hall–Kier alpha value is -0.200. The van der Waals surface area contributed by atoms with Gasteiger partial charge in [0.05, 0.1) is 0 Å². The molecule has 2 heterocycles. The Kier molecular flexibility index (Phi) is 3.84. The fraction of sp³-hybridized carbons (Fsp3) is 0.583. The lowest BCUT2D eigenvalue weighted by atomic mass is 9.94. The number of fused-ring (bicyclic) bond motifs is 3. The van der Waals surface area contributed by atoms with Gasteiger partial charge in [0, 0.05) is 9.17 Å². The number of aromatic nitrogens is 2. The third-order valence-corrected chi connectivity index (χ3v) is 7.18. The van der Waals surface area contributed by atoms with Crippen molar-refractivity contribution in [2.24, 2.45) is 0 Å². The van der Waals surface area contributed by atoms with E-state index in [1.807, 2.05) is 18.0 Å². The van der Waals surface area contributed by atoms with Gasteiger partial charge in [0.2, 0.25) is 0 Å². The molecule has 0 spiro atoms. The van der Waals surface area contributed by atoms with Gasteiger partial charge in [0.25, 0.3) is 0 Å². The van der Waals surface area contributed by atoms with Gasteiger partial charge in [0.15, 0.2) is 10.1 Å². The molecule has 0 bridgehead atoms. The summed E-state index contributed by atoms with van der Waals surface area (Å²) in [5.74, 6) is 0.557. The Morgan fingerprint density at radius 2 is 2.37 bits per heavy atom. The lowest BCUT2D eigenvalue weighted by molar-refractivity contribution is -0.739. The van der Waals surface area contributed by atoms with Crippen LogP contribution in [0.15, 0.2) is 10.1 Å². The summed E-state index contributed by atoms with van der Waals surface area (Å²) in [6.45, 7) is 0. The van der Waals surface area contributed by atoms with Gasteiger partial charge in [-0.15, -0.1) is 0 Å². The molecule has 1 aromatic heterocycles. The number of halogens is 1. The van der Waals surface area contributed by atoms with Crippen molar-refractivity contribution in [3.8, 4) is 6.07 Å². The summed E-state index contributed by atoms with van der Waals surface area (Å²) in [4.78, 5) is 4.42. The van der Waals surface area contributed by atoms with Crippen molar-refractivity contribution in [1.29, 1.82) is 5.26 Å². The Bertz CT molecular complexity index is 572. The molecule has 3 atom stereocenters. The van der Waals surface area contributed by atoms with Crippen LogP contribution in [0.4, 0.5) is 5.95 Å². The lowest BCUT2D eigenvalue weighted by Gasteiger charge is -2.28. The second-order valence-electron chi connectivity index (χ2n) is 4.74. The van der Waals surface area contributed by atoms with Gasteiger partial charge in [-0.1, -0.05) is 57.5 Å². The van der Waals surface area contributed by atoms with Crippen molar-refractivity contribution < 1.29 is 4.57 Å². The van der Waals surface area contributed by atoms with Crippen molar-refractivity contribution in [2.75, 3.05) is 12.0 Å². The molecule has 0 amide bonds. The topological polar surface area (TPSA) is 66.6 Å². The maximum Gasteiger partial charge on any atom is 0.391 e. The molecular formula is C12H14IN4S2+. The molecule has 0 saturated heterocycles. The predicted octanol–water partition coefficient (Wildman–Crippen LogP) is 2.55. The summed E-state index contributed by atoms with van der Waals surface area (Å²) in [7, 11) is 0. The second kappa shape index (κ2) is 5.30. The van der Waals surface area contributed by atoms with Crippen molar-refractivity contribution in [2.45, 2.75) is 44.5 Å². The van der Waals surface area contributed by atoms with Crippen LogP contribution >= 0.6 is 46.1 Å². The molecular weight excluding hydrogens is 391 g/mol. The van der Waals surface area contributed by atoms with Gasteiger partial charge in [-0.3, -0.25) is 5.73 Å². The number of alkyl halides is 1. The first-order chi connectivity index (χ1) is 9.17. The maximum atomic E-state index is 9.43. The van der Waals surface area contributed by atoms with E-state index in [-0.39, 0.29) is 0 Å². The number of nitriles is 1. The summed E-state index contributed by atoms with van der Waals surface area (Å²) in [5.41, 5.74) is 6.85. The molecule has 2 aliphatic rings. The average Bonchev–Trinajstić information content (AvgIpc) is 2.79. The SMILES string of the molecule is CSc1nc(N)[n+]2c(c1C#N)S[C@H]1CCC[C@@H](I)[C@H]12. The number of anilines is 1. The zero-order valence-corrected chi connectivity index (χ0v) is 14.3. The molecule has 1 aliphatic carbocycles. The van der Waals surface area contributed by atoms with Crippen LogP contribution in [0.3, 0.4) is 0 Å². The van der Waals surface area contributed by atoms with E-state index in [1.54, 1.807) is 0 Å². The largest absolute Gasteiger partial charge is 0.391 e. The summed E-state index contributed by atoms with van der Waals surface area (Å²) < 4.78 is 2.69. The number of hydrogen-bond acceptors (Lipinski definition) is 5. The molecule has 0 radical (unpaired) electrons. The summed E-state index contributed by atoms with van der Waals surface area (Å²) in [6.07, 6.45) is 5.63. The molecule has 3 rings (SSSR count). The number of hydrogen-bond donors (Lipinski definition) is 1. The van der Waals surface area contributed by atoms with E-state index in [2.05, 4.69) is 38.2 Å². The molecule has 19 heavy (non-hydrogen) atoms. The third kappa shape index (κ3) is 2.12. The van der Waals surface area contributed by atoms with E-state index >= 15 is 0 Å². The summed E-state index contributed by atoms with van der Waals surface area (Å²) in [6, 6.07) is 2.71. The predicted molar refractivity (Wildman–Crippen MR) is 85.7 cm³/mol. The van der Waals surface area contributed by atoms with E-state index in [0.29, 0.717) is 26.7 Å². The zero-order chi connectivity index (χ0) is 13.6. The standard InChI is InChI=1S/C12H13IN4S2/c1-18-10-6(5-14)11-17(12(15)16-10)9-7(13)3-2-4-8(9)19-11/h7-9,15H,2-4H2,1H3/p+1/t7-,8+,9-/m1/s1. The van der Waals surface area contributed by atoms with Gasteiger partial charge < -0.3 is 0 Å². The summed E-state index contributed by atoms with van der Waals surface area (Å²) in [5, 5.41) is 11.8. The van der Waals surface area contributed by atoms with Gasteiger partial charge in [-0.05, 0) is 19.1 Å². The average molecular weight is 405 g/mol. The lowest BCUT2D eigenvalue weighted by Crippen LogP contribution is -2.50. The zero-order valence-electron chi connectivity index (χ0n) is 10.5. The quantitative estimate of drug-likeness (QED) is 0.256. The van der Waals surface area contributed by atoms with Gasteiger partial charge >= 0.3 is 5.95 Å². The van der Waals surface area contributed by atoms with Crippen molar-refractivity contribution >= 4 is 52.1 Å². The molecule has 2 N–H and O–H groups in total. The fourth-order valence-electron chi connectivity index (χ4n) is 2.87. The molecule has 100 valence electrons. The minimum absolute atomic E-state index is 0.393. The first kappa shape index (κ1) is 13.8. The van der Waals surface area contributed by atoms with Crippen LogP contribution in [0.25, 0.3) is 0 Å². The third-order valence-electron chi connectivity index (χ3n) is 3.70. The molecule has 1 aromatic rings. The first-order valence-electron chi connectivity index (χ1n) is 6.17. The Balaban J connectivity index is 2.19. The number of nitrogens with zero attached hydrogens (tertiary/aromatic N) is 3. The molecule has 0 aromatic carbocycles. The molecule has 7 heteroatoms. The number of rotatable bonds is 1. The van der Waals surface area contributed by atoms with Crippen LogP contribution in [0.1, 0.15) is 30.9 Å². The molecule has 1 aliphatic heterocycles. The molecule has 1 fully saturated rings. The van der Waals surface area contributed by atoms with Crippen LogP contribution in [0.2, 0.25) is 0 Å². The van der Waals surface area contributed by atoms with E-state index in [0.717, 1.165) is 10.1 Å². The highest BCUT2D eigenvalue weighted by Gasteiger charge is 2.46. The van der Waals surface area contributed by atoms with Crippen LogP contribution in [0.5, 0.6) is 0 Å². The number of thioether (sulfide) groups is 2. The number of nitrogen functional groups attached to an aromatic ring is 1. The molecule has 0 unspecified atom stereocenters. The Morgan fingerprint density at radius 3 is 3.05 bits per heavy atom. The van der Waals surface area contributed by atoms with Gasteiger partial charge in [-0.2, -0.15) is 5.26 Å². The Labute approximate surface area is 134 Å². The highest BCUT2D eigenvalue weighted by Crippen LogP contribution is 2.47. The van der Waals surface area contributed by atoms with E-state index in [1.165, 1.54) is 31.0 Å². The van der Waals surface area contributed by atoms with Crippen LogP contribution in [0, 0.1) is 11.3 Å². The highest BCUT2D eigenvalue weighted by molar-refractivity contribution is 14.1. The summed E-state index contributed by atoms with van der Waals surface area (Å²) >= 11 is 5.84. The Morgan fingerprint density at radius 1 is 1.58 bits per heavy atom. The van der Waals surface area contributed by atoms with E-state index < -0.39 is 0 Å². The normalized spacial score (nSPS) is 28.6. The van der Waals surface area contributed by atoms with E-state index in [9.17, 15) is 5.26 Å². The van der Waals surface area contributed by atoms with E-state index in [4.69, 9.17) is 5.73 Å². The van der Waals surface area contributed by atoms with Crippen molar-refractivity contribution in [3.63, 3.8) is 0 Å². The van der Waals surface area contributed by atoms with Gasteiger partial charge in [0.1, 0.15) is 17.7 Å². The van der Waals surface area contributed by atoms with Crippen LogP contribution in [-0.2, 0) is 0 Å². The van der Waals surface area contributed by atoms with Crippen LogP contribution in [-0.4, -0.2) is 20.4 Å². The van der Waals surface area contributed by atoms with Crippen molar-refractivity contribution in [3.05, 3.63) is 5.56 Å². The van der Waals surface area contributed by atoms with Crippen molar-refractivity contribution in [1.82, 2.24) is 4.98 Å². The molecule has 4 nitrogen and oxygen atoms in total. The highest BCUT2D eigenvalue weighted by atomic mass is 127. The van der Waals surface area contributed by atoms with Crippen LogP contribution < -0.4 is 10.3 Å². The fourth-order valence-corrected chi connectivity index (χ4v) is 6.62. The monoisotopic (exact) mass is 405 g/mol.